The number of para-hydroxylation sites is 1. The molecule has 7 heteroatoms. The molecule has 0 aliphatic carbocycles. The molecule has 2 N–H and O–H groups in total. The number of rotatable bonds is 3. The fraction of sp³-hybridized carbons (Fsp3) is 0.158. The summed E-state index contributed by atoms with van der Waals surface area (Å²) in [5.41, 5.74) is 3.22. The molecule has 7 nitrogen and oxygen atoms in total. The number of nitrogens with zero attached hydrogens (tertiary/aromatic N) is 4. The minimum absolute atomic E-state index is 0.0801. The second-order valence-corrected chi connectivity index (χ2v) is 5.98. The van der Waals surface area contributed by atoms with Crippen LogP contribution in [0.25, 0.3) is 21.8 Å². The molecule has 2 aromatic heterocycles. The fourth-order valence-electron chi connectivity index (χ4n) is 2.88. The lowest BCUT2D eigenvalue weighted by molar-refractivity contribution is 0.415. The van der Waals surface area contributed by atoms with Crippen molar-refractivity contribution in [1.29, 1.82) is 0 Å². The van der Waals surface area contributed by atoms with Crippen molar-refractivity contribution < 1.29 is 9.84 Å². The highest BCUT2D eigenvalue weighted by Crippen LogP contribution is 2.27. The number of fused-ring (bicyclic) bond motifs is 2. The largest absolute Gasteiger partial charge is 0.497 e. The van der Waals surface area contributed by atoms with Crippen LogP contribution in [0.2, 0.25) is 0 Å². The maximum absolute atomic E-state index is 10.2. The van der Waals surface area contributed by atoms with Crippen molar-refractivity contribution in [2.75, 3.05) is 12.4 Å². The third-order valence-electron chi connectivity index (χ3n) is 4.23. The molecule has 4 aromatic rings. The average Bonchev–Trinajstić information content (AvgIpc) is 2.62. The number of aromatic nitrogens is 4. The number of aromatic hydroxyl groups is 1. The van der Waals surface area contributed by atoms with Gasteiger partial charge in [0, 0.05) is 5.39 Å². The zero-order valence-electron chi connectivity index (χ0n) is 14.6. The van der Waals surface area contributed by atoms with E-state index in [1.165, 1.54) is 0 Å². The summed E-state index contributed by atoms with van der Waals surface area (Å²) in [6.07, 6.45) is 0. The molecule has 2 aromatic carbocycles. The van der Waals surface area contributed by atoms with Crippen molar-refractivity contribution >= 4 is 33.7 Å². The van der Waals surface area contributed by atoms with Gasteiger partial charge >= 0.3 is 0 Å². The van der Waals surface area contributed by atoms with Crippen LogP contribution in [-0.2, 0) is 0 Å². The Morgan fingerprint density at radius 3 is 2.54 bits per heavy atom. The number of hydrogen-bond donors (Lipinski definition) is 2. The van der Waals surface area contributed by atoms with E-state index in [9.17, 15) is 5.11 Å². The van der Waals surface area contributed by atoms with Crippen molar-refractivity contribution in [2.45, 2.75) is 13.8 Å². The first kappa shape index (κ1) is 16.0. The summed E-state index contributed by atoms with van der Waals surface area (Å²) in [7, 11) is 1.62. The molecule has 4 rings (SSSR count). The lowest BCUT2D eigenvalue weighted by Crippen LogP contribution is -2.03. The van der Waals surface area contributed by atoms with E-state index in [-0.39, 0.29) is 11.8 Å². The summed E-state index contributed by atoms with van der Waals surface area (Å²) in [4.78, 5) is 17.6. The van der Waals surface area contributed by atoms with Gasteiger partial charge in [0.25, 0.3) is 0 Å². The molecule has 0 saturated heterocycles. The van der Waals surface area contributed by atoms with E-state index < -0.39 is 0 Å². The minimum atomic E-state index is -0.0801. The van der Waals surface area contributed by atoms with Gasteiger partial charge in [0.1, 0.15) is 5.75 Å². The molecule has 0 radical (unpaired) electrons. The first-order valence-corrected chi connectivity index (χ1v) is 8.11. The number of methoxy groups -OCH3 is 1. The van der Waals surface area contributed by atoms with Gasteiger partial charge < -0.3 is 9.84 Å². The van der Waals surface area contributed by atoms with Gasteiger partial charge in [0.2, 0.25) is 17.8 Å². The summed E-state index contributed by atoms with van der Waals surface area (Å²) >= 11 is 0. The van der Waals surface area contributed by atoms with Crippen LogP contribution in [0.15, 0.2) is 36.4 Å². The molecule has 0 bridgehead atoms. The quantitative estimate of drug-likeness (QED) is 0.584. The topological polar surface area (TPSA) is 93.0 Å². The van der Waals surface area contributed by atoms with Crippen LogP contribution in [0, 0.1) is 13.8 Å². The van der Waals surface area contributed by atoms with Crippen LogP contribution in [0.1, 0.15) is 11.3 Å². The summed E-state index contributed by atoms with van der Waals surface area (Å²) in [6.45, 7) is 3.83. The molecule has 0 saturated carbocycles. The Morgan fingerprint density at radius 2 is 1.73 bits per heavy atom. The molecule has 0 aliphatic rings. The van der Waals surface area contributed by atoms with Crippen LogP contribution in [0.5, 0.6) is 11.6 Å². The summed E-state index contributed by atoms with van der Waals surface area (Å²) in [5, 5.41) is 14.7. The fourth-order valence-corrected chi connectivity index (χ4v) is 2.88. The normalized spacial score (nSPS) is 11.0. The maximum Gasteiger partial charge on any atom is 0.233 e. The van der Waals surface area contributed by atoms with Gasteiger partial charge in [-0.05, 0) is 43.7 Å². The number of aryl methyl sites for hydroxylation is 2. The van der Waals surface area contributed by atoms with Gasteiger partial charge in [-0.3, -0.25) is 5.32 Å². The van der Waals surface area contributed by atoms with E-state index in [0.29, 0.717) is 16.9 Å². The van der Waals surface area contributed by atoms with Crippen molar-refractivity contribution in [2.24, 2.45) is 0 Å². The lowest BCUT2D eigenvalue weighted by atomic mass is 10.1. The smallest absolute Gasteiger partial charge is 0.233 e. The number of nitrogens with one attached hydrogen (secondary N) is 1. The van der Waals surface area contributed by atoms with Crippen LogP contribution in [0.4, 0.5) is 11.9 Å². The van der Waals surface area contributed by atoms with Gasteiger partial charge in [-0.1, -0.05) is 12.1 Å². The summed E-state index contributed by atoms with van der Waals surface area (Å²) in [5.74, 6) is 1.29. The van der Waals surface area contributed by atoms with Crippen LogP contribution in [0.3, 0.4) is 0 Å². The highest BCUT2D eigenvalue weighted by Gasteiger charge is 2.11. The Labute approximate surface area is 149 Å². The van der Waals surface area contributed by atoms with Crippen molar-refractivity contribution in [3.05, 3.63) is 47.7 Å². The first-order valence-electron chi connectivity index (χ1n) is 8.11. The van der Waals surface area contributed by atoms with Crippen LogP contribution >= 0.6 is 0 Å². The molecule has 26 heavy (non-hydrogen) atoms. The maximum atomic E-state index is 10.2. The first-order chi connectivity index (χ1) is 12.5. The Balaban J connectivity index is 1.77. The molecule has 0 fully saturated rings. The third-order valence-corrected chi connectivity index (χ3v) is 4.23. The minimum Gasteiger partial charge on any atom is -0.497 e. The van der Waals surface area contributed by atoms with Crippen molar-refractivity contribution in [1.82, 2.24) is 19.9 Å². The monoisotopic (exact) mass is 347 g/mol. The van der Waals surface area contributed by atoms with E-state index >= 15 is 0 Å². The molecule has 130 valence electrons. The summed E-state index contributed by atoms with van der Waals surface area (Å²) in [6, 6.07) is 11.2. The number of benzene rings is 2. The van der Waals surface area contributed by atoms with Gasteiger partial charge in [-0.15, -0.1) is 0 Å². The predicted octanol–water partition coefficient (Wildman–Crippen LogP) is 3.65. The van der Waals surface area contributed by atoms with E-state index in [4.69, 9.17) is 4.74 Å². The van der Waals surface area contributed by atoms with E-state index in [1.807, 2.05) is 44.2 Å². The molecule has 0 spiro atoms. The molecule has 2 heterocycles. The number of ether oxygens (including phenoxy) is 1. The average molecular weight is 347 g/mol. The SMILES string of the molecule is COc1ccc2nc(Nc3nc(O)c4cccc(C)c4n3)nc(C)c2c1. The second kappa shape index (κ2) is 6.11. The molecular formula is C19H17N5O2. The zero-order chi connectivity index (χ0) is 18.3. The van der Waals surface area contributed by atoms with Crippen LogP contribution in [-0.4, -0.2) is 32.2 Å². The second-order valence-electron chi connectivity index (χ2n) is 5.98. The Morgan fingerprint density at radius 1 is 0.923 bits per heavy atom. The molecule has 0 unspecified atom stereocenters. The van der Waals surface area contributed by atoms with Gasteiger partial charge in [0.05, 0.1) is 29.2 Å². The van der Waals surface area contributed by atoms with Gasteiger partial charge in [-0.25, -0.2) is 15.0 Å². The Hall–Kier alpha value is -3.48. The van der Waals surface area contributed by atoms with Crippen LogP contribution < -0.4 is 10.1 Å². The highest BCUT2D eigenvalue weighted by molar-refractivity contribution is 5.87. The molecule has 0 atom stereocenters. The predicted molar refractivity (Wildman–Crippen MR) is 100 cm³/mol. The van der Waals surface area contributed by atoms with Gasteiger partial charge in [-0.2, -0.15) is 4.98 Å². The molecule has 0 aliphatic heterocycles. The van der Waals surface area contributed by atoms with Crippen molar-refractivity contribution in [3.63, 3.8) is 0 Å². The van der Waals surface area contributed by atoms with Crippen molar-refractivity contribution in [3.8, 4) is 11.6 Å². The van der Waals surface area contributed by atoms with Gasteiger partial charge in [0.15, 0.2) is 0 Å². The van der Waals surface area contributed by atoms with E-state index in [1.54, 1.807) is 13.2 Å². The third kappa shape index (κ3) is 2.73. The van der Waals surface area contributed by atoms with E-state index in [0.717, 1.165) is 27.9 Å². The van der Waals surface area contributed by atoms with E-state index in [2.05, 4.69) is 25.3 Å². The summed E-state index contributed by atoms with van der Waals surface area (Å²) < 4.78 is 5.25. The standard InChI is InChI=1S/C19H17N5O2/c1-10-5-4-6-13-16(10)22-19(23-17(13)25)24-18-20-11(2)14-9-12(26-3)7-8-15(14)21-18/h4-9H,1-3H3,(H2,20,21,22,23,24,25). The molecular weight excluding hydrogens is 330 g/mol. The molecule has 0 amide bonds. The number of hydrogen-bond acceptors (Lipinski definition) is 7. The number of anilines is 2. The Kier molecular flexibility index (Phi) is 3.76. The Bertz CT molecular complexity index is 1140. The zero-order valence-corrected chi connectivity index (χ0v) is 14.6. The highest BCUT2D eigenvalue weighted by atomic mass is 16.5. The lowest BCUT2D eigenvalue weighted by Gasteiger charge is -2.10.